The van der Waals surface area contributed by atoms with Crippen molar-refractivity contribution in [1.29, 1.82) is 0 Å². The van der Waals surface area contributed by atoms with Gasteiger partial charge in [0.15, 0.2) is 5.65 Å². The monoisotopic (exact) mass is 367 g/mol. The number of fused-ring (bicyclic) bond motifs is 1. The number of hydrogen-bond acceptors (Lipinski definition) is 5. The Morgan fingerprint density at radius 1 is 1.19 bits per heavy atom. The molecular weight excluding hydrogens is 342 g/mol. The smallest absolute Gasteiger partial charge is 0.251 e. The number of amides is 1. The fraction of sp³-hybridized carbons (Fsp3) is 0.400. The second kappa shape index (κ2) is 8.62. The van der Waals surface area contributed by atoms with Crippen molar-refractivity contribution in [2.24, 2.45) is 5.92 Å². The molecule has 27 heavy (non-hydrogen) atoms. The molecule has 1 atom stereocenters. The third kappa shape index (κ3) is 5.26. The lowest BCUT2D eigenvalue weighted by Crippen LogP contribution is -2.32. The average molecular weight is 367 g/mol. The van der Waals surface area contributed by atoms with Gasteiger partial charge in [0.25, 0.3) is 5.91 Å². The number of aromatic nitrogens is 4. The van der Waals surface area contributed by atoms with Crippen molar-refractivity contribution < 1.29 is 9.53 Å². The minimum absolute atomic E-state index is 0.0975. The van der Waals surface area contributed by atoms with E-state index in [4.69, 9.17) is 4.74 Å². The summed E-state index contributed by atoms with van der Waals surface area (Å²) in [4.78, 5) is 12.5. The molecule has 7 nitrogen and oxygen atoms in total. The topological polar surface area (TPSA) is 81.4 Å². The van der Waals surface area contributed by atoms with Crippen LogP contribution in [0.3, 0.4) is 0 Å². The number of benzene rings is 1. The fourth-order valence-electron chi connectivity index (χ4n) is 2.80. The number of carbonyl (C=O) groups excluding carboxylic acids is 1. The Balaban J connectivity index is 1.61. The van der Waals surface area contributed by atoms with E-state index in [-0.39, 0.29) is 11.9 Å². The van der Waals surface area contributed by atoms with E-state index in [0.717, 1.165) is 12.8 Å². The molecule has 0 bridgehead atoms. The largest absolute Gasteiger partial charge is 0.438 e. The Hall–Kier alpha value is -2.96. The quantitative estimate of drug-likeness (QED) is 0.654. The van der Waals surface area contributed by atoms with Crippen molar-refractivity contribution >= 4 is 11.6 Å². The van der Waals surface area contributed by atoms with Gasteiger partial charge in [-0.05, 0) is 43.5 Å². The molecule has 0 unspecified atom stereocenters. The van der Waals surface area contributed by atoms with Crippen LogP contribution in [0.25, 0.3) is 5.65 Å². The first-order chi connectivity index (χ1) is 13.0. The minimum atomic E-state index is -0.0975. The van der Waals surface area contributed by atoms with E-state index < -0.39 is 0 Å². The highest BCUT2D eigenvalue weighted by molar-refractivity contribution is 5.94. The summed E-state index contributed by atoms with van der Waals surface area (Å²) < 4.78 is 7.31. The predicted octanol–water partition coefficient (Wildman–Crippen LogP) is 3.86. The van der Waals surface area contributed by atoms with Gasteiger partial charge < -0.3 is 10.1 Å². The molecule has 1 N–H and O–H groups in total. The van der Waals surface area contributed by atoms with E-state index >= 15 is 0 Å². The second-order valence-corrected chi connectivity index (χ2v) is 7.13. The van der Waals surface area contributed by atoms with Gasteiger partial charge in [0, 0.05) is 17.7 Å². The third-order valence-electron chi connectivity index (χ3n) is 4.25. The zero-order valence-corrected chi connectivity index (χ0v) is 15.9. The molecule has 2 heterocycles. The summed E-state index contributed by atoms with van der Waals surface area (Å²) in [6, 6.07) is 10.7. The van der Waals surface area contributed by atoms with Crippen LogP contribution < -0.4 is 10.1 Å². The van der Waals surface area contributed by atoms with Gasteiger partial charge in [-0.15, -0.1) is 15.3 Å². The molecule has 1 amide bonds. The van der Waals surface area contributed by atoms with Crippen molar-refractivity contribution in [3.63, 3.8) is 0 Å². The average Bonchev–Trinajstić information content (AvgIpc) is 3.09. The van der Waals surface area contributed by atoms with Gasteiger partial charge in [0.2, 0.25) is 5.88 Å². The fourth-order valence-corrected chi connectivity index (χ4v) is 2.80. The molecule has 7 heteroatoms. The first-order valence-electron chi connectivity index (χ1n) is 9.27. The zero-order chi connectivity index (χ0) is 19.2. The highest BCUT2D eigenvalue weighted by atomic mass is 16.5. The molecule has 0 spiro atoms. The van der Waals surface area contributed by atoms with E-state index in [0.29, 0.717) is 28.8 Å². The third-order valence-corrected chi connectivity index (χ3v) is 4.25. The highest BCUT2D eigenvalue weighted by Gasteiger charge is 2.11. The van der Waals surface area contributed by atoms with Crippen LogP contribution in [-0.2, 0) is 0 Å². The highest BCUT2D eigenvalue weighted by Crippen LogP contribution is 2.20. The lowest BCUT2D eigenvalue weighted by Gasteiger charge is -2.15. The number of nitrogens with one attached hydrogen (secondary N) is 1. The van der Waals surface area contributed by atoms with Crippen LogP contribution in [0.4, 0.5) is 0 Å². The normalized spacial score (nSPS) is 12.3. The van der Waals surface area contributed by atoms with E-state index in [1.165, 1.54) is 17.3 Å². The number of carbonyl (C=O) groups is 1. The molecule has 0 radical (unpaired) electrons. The molecule has 0 saturated heterocycles. The summed E-state index contributed by atoms with van der Waals surface area (Å²) in [6.07, 6.45) is 4.77. The van der Waals surface area contributed by atoms with Gasteiger partial charge >= 0.3 is 0 Å². The van der Waals surface area contributed by atoms with Gasteiger partial charge in [-0.2, -0.15) is 4.52 Å². The van der Waals surface area contributed by atoms with Crippen LogP contribution in [0.2, 0.25) is 0 Å². The predicted molar refractivity (Wildman–Crippen MR) is 103 cm³/mol. The summed E-state index contributed by atoms with van der Waals surface area (Å²) in [5, 5.41) is 15.0. The molecule has 0 aliphatic rings. The molecular formula is C20H25N5O2. The number of nitrogens with zero attached hydrogens (tertiary/aromatic N) is 4. The first-order valence-corrected chi connectivity index (χ1v) is 9.27. The van der Waals surface area contributed by atoms with Crippen LogP contribution in [0.5, 0.6) is 11.6 Å². The number of rotatable bonds is 8. The van der Waals surface area contributed by atoms with Crippen LogP contribution in [0.1, 0.15) is 50.4 Å². The summed E-state index contributed by atoms with van der Waals surface area (Å²) >= 11 is 0. The second-order valence-electron chi connectivity index (χ2n) is 7.13. The van der Waals surface area contributed by atoms with Crippen molar-refractivity contribution in [3.05, 3.63) is 48.3 Å². The van der Waals surface area contributed by atoms with Gasteiger partial charge in [0.1, 0.15) is 12.1 Å². The molecule has 1 aromatic carbocycles. The summed E-state index contributed by atoms with van der Waals surface area (Å²) in [6.45, 7) is 6.46. The Kier molecular flexibility index (Phi) is 6.01. The first kappa shape index (κ1) is 18.8. The molecule has 0 fully saturated rings. The molecule has 3 rings (SSSR count). The Morgan fingerprint density at radius 2 is 2.04 bits per heavy atom. The lowest BCUT2D eigenvalue weighted by molar-refractivity contribution is 0.0937. The maximum atomic E-state index is 12.5. The van der Waals surface area contributed by atoms with Crippen LogP contribution in [0.15, 0.2) is 42.7 Å². The molecule has 142 valence electrons. The van der Waals surface area contributed by atoms with E-state index in [1.807, 2.05) is 6.92 Å². The summed E-state index contributed by atoms with van der Waals surface area (Å²) in [5.74, 6) is 1.55. The van der Waals surface area contributed by atoms with Crippen LogP contribution >= 0.6 is 0 Å². The SMILES string of the molecule is CC(C)CCC[C@@H](C)NC(=O)c1cccc(Oc2ccc3nncn3n2)c1. The number of ether oxygens (including phenoxy) is 1. The molecule has 0 aliphatic heterocycles. The molecule has 0 saturated carbocycles. The maximum absolute atomic E-state index is 12.5. The molecule has 0 aliphatic carbocycles. The lowest BCUT2D eigenvalue weighted by atomic mass is 10.0. The van der Waals surface area contributed by atoms with E-state index in [9.17, 15) is 4.79 Å². The van der Waals surface area contributed by atoms with Gasteiger partial charge in [0.05, 0.1) is 0 Å². The van der Waals surface area contributed by atoms with E-state index in [2.05, 4.69) is 34.5 Å². The van der Waals surface area contributed by atoms with Crippen molar-refractivity contribution in [2.75, 3.05) is 0 Å². The van der Waals surface area contributed by atoms with Gasteiger partial charge in [-0.1, -0.05) is 32.8 Å². The summed E-state index contributed by atoms with van der Waals surface area (Å²) in [7, 11) is 0. The van der Waals surface area contributed by atoms with Crippen molar-refractivity contribution in [3.8, 4) is 11.6 Å². The molecule has 3 aromatic rings. The number of hydrogen-bond donors (Lipinski definition) is 1. The zero-order valence-electron chi connectivity index (χ0n) is 15.9. The Labute approximate surface area is 158 Å². The van der Waals surface area contributed by atoms with E-state index in [1.54, 1.807) is 36.4 Å². The summed E-state index contributed by atoms with van der Waals surface area (Å²) in [5.41, 5.74) is 1.20. The maximum Gasteiger partial charge on any atom is 0.251 e. The van der Waals surface area contributed by atoms with Crippen LogP contribution in [-0.4, -0.2) is 31.8 Å². The van der Waals surface area contributed by atoms with Crippen molar-refractivity contribution in [2.45, 2.75) is 46.1 Å². The minimum Gasteiger partial charge on any atom is -0.438 e. The Bertz CT molecular complexity index is 906. The van der Waals surface area contributed by atoms with Gasteiger partial charge in [-0.25, -0.2) is 0 Å². The Morgan fingerprint density at radius 3 is 2.85 bits per heavy atom. The van der Waals surface area contributed by atoms with Crippen LogP contribution in [0, 0.1) is 5.92 Å². The molecule has 2 aromatic heterocycles. The van der Waals surface area contributed by atoms with Gasteiger partial charge in [-0.3, -0.25) is 4.79 Å². The van der Waals surface area contributed by atoms with Crippen molar-refractivity contribution in [1.82, 2.24) is 25.1 Å². The standard InChI is InChI=1S/C20H25N5O2/c1-14(2)6-4-7-15(3)22-20(26)16-8-5-9-17(12-16)27-19-11-10-18-23-21-13-25(18)24-19/h5,8-15H,4,6-7H2,1-3H3,(H,22,26)/t15-/m1/s1.